The number of benzene rings is 1. The molecule has 4 nitrogen and oxygen atoms in total. The standard InChI is InChI=1S/C23H35N3O/c1-18(2)19-5-7-20(8-6-19)23(10-3-4-11-23)22(27)26-14-9-21(17-26)25-15-12-24-13-16-25/h5-8,18,21,24H,3-4,9-17H2,1-2H3. The first-order valence-corrected chi connectivity index (χ1v) is 10.9. The maximum Gasteiger partial charge on any atom is 0.233 e. The Morgan fingerprint density at radius 3 is 2.37 bits per heavy atom. The molecule has 3 aliphatic rings. The SMILES string of the molecule is CC(C)c1ccc(C2(C(=O)N3CCC(N4CCNCC4)C3)CCCC2)cc1. The van der Waals surface area contributed by atoms with Crippen molar-refractivity contribution in [3.8, 4) is 0 Å². The molecule has 4 rings (SSSR count). The predicted octanol–water partition coefficient (Wildman–Crippen LogP) is 3.13. The van der Waals surface area contributed by atoms with Crippen molar-refractivity contribution in [2.45, 2.75) is 63.3 Å². The lowest BCUT2D eigenvalue weighted by atomic mass is 9.77. The maximum atomic E-state index is 13.7. The normalized spacial score (nSPS) is 26.0. The summed E-state index contributed by atoms with van der Waals surface area (Å²) in [5, 5.41) is 3.43. The topological polar surface area (TPSA) is 35.6 Å². The number of hydrogen-bond acceptors (Lipinski definition) is 3. The zero-order valence-corrected chi connectivity index (χ0v) is 17.0. The predicted molar refractivity (Wildman–Crippen MR) is 110 cm³/mol. The first-order chi connectivity index (χ1) is 13.1. The smallest absolute Gasteiger partial charge is 0.233 e. The highest BCUT2D eigenvalue weighted by atomic mass is 16.2. The number of nitrogens with zero attached hydrogens (tertiary/aromatic N) is 2. The van der Waals surface area contributed by atoms with Crippen molar-refractivity contribution in [3.05, 3.63) is 35.4 Å². The van der Waals surface area contributed by atoms with E-state index in [1.807, 2.05) is 0 Å². The molecule has 1 aromatic carbocycles. The highest BCUT2D eigenvalue weighted by Gasteiger charge is 2.46. The number of carbonyl (C=O) groups excluding carboxylic acids is 1. The fourth-order valence-corrected chi connectivity index (χ4v) is 5.37. The lowest BCUT2D eigenvalue weighted by Gasteiger charge is -2.35. The van der Waals surface area contributed by atoms with Gasteiger partial charge in [-0.15, -0.1) is 0 Å². The largest absolute Gasteiger partial charge is 0.340 e. The Morgan fingerprint density at radius 1 is 1.07 bits per heavy atom. The number of likely N-dealkylation sites (tertiary alicyclic amines) is 1. The van der Waals surface area contributed by atoms with Gasteiger partial charge in [0.1, 0.15) is 0 Å². The van der Waals surface area contributed by atoms with Gasteiger partial charge in [-0.1, -0.05) is 51.0 Å². The zero-order chi connectivity index (χ0) is 18.9. The number of amides is 1. The van der Waals surface area contributed by atoms with Crippen LogP contribution in [-0.2, 0) is 10.2 Å². The first-order valence-electron chi connectivity index (χ1n) is 10.9. The van der Waals surface area contributed by atoms with E-state index in [0.717, 1.165) is 58.5 Å². The second-order valence-electron chi connectivity index (χ2n) is 9.05. The van der Waals surface area contributed by atoms with Gasteiger partial charge in [-0.3, -0.25) is 9.69 Å². The third kappa shape index (κ3) is 3.66. The lowest BCUT2D eigenvalue weighted by molar-refractivity contribution is -0.136. The van der Waals surface area contributed by atoms with Crippen LogP contribution < -0.4 is 5.32 Å². The summed E-state index contributed by atoms with van der Waals surface area (Å²) in [4.78, 5) is 18.5. The van der Waals surface area contributed by atoms with Crippen molar-refractivity contribution in [3.63, 3.8) is 0 Å². The van der Waals surface area contributed by atoms with Crippen LogP contribution in [0.5, 0.6) is 0 Å². The highest BCUT2D eigenvalue weighted by Crippen LogP contribution is 2.43. The second kappa shape index (κ2) is 7.92. The van der Waals surface area contributed by atoms with E-state index >= 15 is 0 Å². The molecule has 1 amide bonds. The van der Waals surface area contributed by atoms with E-state index in [1.165, 1.54) is 24.0 Å². The summed E-state index contributed by atoms with van der Waals surface area (Å²) in [6, 6.07) is 9.50. The number of carbonyl (C=O) groups is 1. The monoisotopic (exact) mass is 369 g/mol. The third-order valence-corrected chi connectivity index (χ3v) is 7.12. The molecule has 0 spiro atoms. The quantitative estimate of drug-likeness (QED) is 0.886. The summed E-state index contributed by atoms with van der Waals surface area (Å²) in [6.45, 7) is 10.7. The van der Waals surface area contributed by atoms with E-state index in [4.69, 9.17) is 0 Å². The number of nitrogens with one attached hydrogen (secondary N) is 1. The van der Waals surface area contributed by atoms with Crippen molar-refractivity contribution in [1.29, 1.82) is 0 Å². The Labute approximate surface area is 164 Å². The molecule has 1 aromatic rings. The van der Waals surface area contributed by atoms with Crippen LogP contribution >= 0.6 is 0 Å². The summed E-state index contributed by atoms with van der Waals surface area (Å²) in [5.41, 5.74) is 2.34. The van der Waals surface area contributed by atoms with E-state index in [-0.39, 0.29) is 5.41 Å². The van der Waals surface area contributed by atoms with E-state index in [1.54, 1.807) is 0 Å². The third-order valence-electron chi connectivity index (χ3n) is 7.12. The van der Waals surface area contributed by atoms with Gasteiger partial charge in [-0.25, -0.2) is 0 Å². The maximum absolute atomic E-state index is 13.7. The Morgan fingerprint density at radius 2 is 1.74 bits per heavy atom. The summed E-state index contributed by atoms with van der Waals surface area (Å²) in [7, 11) is 0. The minimum absolute atomic E-state index is 0.270. The van der Waals surface area contributed by atoms with Crippen LogP contribution in [0.1, 0.15) is 63.0 Å². The van der Waals surface area contributed by atoms with Crippen molar-refractivity contribution in [1.82, 2.24) is 15.1 Å². The fraction of sp³-hybridized carbons (Fsp3) is 0.696. The molecular weight excluding hydrogens is 334 g/mol. The summed E-state index contributed by atoms with van der Waals surface area (Å²) in [5.74, 6) is 0.933. The average Bonchev–Trinajstić information content (AvgIpc) is 3.39. The summed E-state index contributed by atoms with van der Waals surface area (Å²) < 4.78 is 0. The van der Waals surface area contributed by atoms with Crippen LogP contribution in [0.3, 0.4) is 0 Å². The van der Waals surface area contributed by atoms with Crippen molar-refractivity contribution < 1.29 is 4.79 Å². The minimum Gasteiger partial charge on any atom is -0.340 e. The average molecular weight is 370 g/mol. The van der Waals surface area contributed by atoms with Gasteiger partial charge >= 0.3 is 0 Å². The molecule has 1 atom stereocenters. The van der Waals surface area contributed by atoms with Crippen LogP contribution in [0.25, 0.3) is 0 Å². The Hall–Kier alpha value is -1.39. The lowest BCUT2D eigenvalue weighted by Crippen LogP contribution is -2.50. The molecule has 27 heavy (non-hydrogen) atoms. The molecule has 2 saturated heterocycles. The molecule has 2 aliphatic heterocycles. The van der Waals surface area contributed by atoms with Crippen LogP contribution in [0.4, 0.5) is 0 Å². The van der Waals surface area contributed by atoms with Gasteiger partial charge in [-0.2, -0.15) is 0 Å². The molecule has 0 radical (unpaired) electrons. The molecule has 1 N–H and O–H groups in total. The van der Waals surface area contributed by atoms with Gasteiger partial charge in [-0.05, 0) is 36.3 Å². The van der Waals surface area contributed by atoms with E-state index in [0.29, 0.717) is 17.9 Å². The van der Waals surface area contributed by atoms with Crippen LogP contribution in [0, 0.1) is 0 Å². The molecule has 1 saturated carbocycles. The number of rotatable bonds is 4. The van der Waals surface area contributed by atoms with E-state index < -0.39 is 0 Å². The molecule has 148 valence electrons. The van der Waals surface area contributed by atoms with Crippen molar-refractivity contribution in [2.75, 3.05) is 39.3 Å². The van der Waals surface area contributed by atoms with Crippen molar-refractivity contribution in [2.24, 2.45) is 0 Å². The fourth-order valence-electron chi connectivity index (χ4n) is 5.37. The van der Waals surface area contributed by atoms with E-state index in [9.17, 15) is 4.79 Å². The molecule has 4 heteroatoms. The van der Waals surface area contributed by atoms with Gasteiger partial charge in [0.15, 0.2) is 0 Å². The molecule has 1 aliphatic carbocycles. The van der Waals surface area contributed by atoms with Crippen LogP contribution in [0.15, 0.2) is 24.3 Å². The van der Waals surface area contributed by atoms with Gasteiger partial charge in [0.25, 0.3) is 0 Å². The van der Waals surface area contributed by atoms with Gasteiger partial charge in [0.2, 0.25) is 5.91 Å². The Balaban J connectivity index is 1.51. The number of hydrogen-bond donors (Lipinski definition) is 1. The molecule has 0 aromatic heterocycles. The summed E-state index contributed by atoms with van der Waals surface area (Å²) >= 11 is 0. The van der Waals surface area contributed by atoms with Crippen LogP contribution in [-0.4, -0.2) is 61.0 Å². The number of piperazine rings is 1. The molecular formula is C23H35N3O. The molecule has 0 bridgehead atoms. The summed E-state index contributed by atoms with van der Waals surface area (Å²) in [6.07, 6.45) is 5.51. The molecule has 2 heterocycles. The first kappa shape index (κ1) is 18.9. The molecule has 1 unspecified atom stereocenters. The van der Waals surface area contributed by atoms with Gasteiger partial charge in [0, 0.05) is 45.3 Å². The Kier molecular flexibility index (Phi) is 5.56. The van der Waals surface area contributed by atoms with Crippen LogP contribution in [0.2, 0.25) is 0 Å². The van der Waals surface area contributed by atoms with Crippen molar-refractivity contribution >= 4 is 5.91 Å². The minimum atomic E-state index is -0.270. The van der Waals surface area contributed by atoms with E-state index in [2.05, 4.69) is 53.2 Å². The zero-order valence-electron chi connectivity index (χ0n) is 17.0. The Bertz CT molecular complexity index is 642. The van der Waals surface area contributed by atoms with Gasteiger partial charge < -0.3 is 10.2 Å². The highest BCUT2D eigenvalue weighted by molar-refractivity contribution is 5.89. The van der Waals surface area contributed by atoms with Gasteiger partial charge in [0.05, 0.1) is 5.41 Å². The molecule has 3 fully saturated rings. The second-order valence-corrected chi connectivity index (χ2v) is 9.05.